The lowest BCUT2D eigenvalue weighted by Gasteiger charge is -2.10. The maximum Gasteiger partial charge on any atom is 0.240 e. The minimum atomic E-state index is -0.608. The largest absolute Gasteiger partial charge is 0.491 e. The molecular weight excluding hydrogens is 244 g/mol. The smallest absolute Gasteiger partial charge is 0.240 e. The molecule has 1 aliphatic rings. The quantitative estimate of drug-likeness (QED) is 0.715. The summed E-state index contributed by atoms with van der Waals surface area (Å²) in [6, 6.07) is 7.62. The standard InChI is InChI=1S/C14H20N2O3/c1-18-8-9-19-12-4-2-11(3-5-12)10-16-13(17)14(15)6-7-14/h2-5H,6-10,15H2,1H3,(H,16,17). The molecule has 5 nitrogen and oxygen atoms in total. The van der Waals surface area contributed by atoms with Crippen LogP contribution in [0.4, 0.5) is 0 Å². The molecule has 5 heteroatoms. The van der Waals surface area contributed by atoms with Crippen LogP contribution in [0.15, 0.2) is 24.3 Å². The Morgan fingerprint density at radius 2 is 2.00 bits per heavy atom. The lowest BCUT2D eigenvalue weighted by molar-refractivity contribution is -0.123. The Balaban J connectivity index is 1.76. The van der Waals surface area contributed by atoms with Crippen molar-refractivity contribution in [2.75, 3.05) is 20.3 Å². The Kier molecular flexibility index (Phi) is 4.39. The minimum absolute atomic E-state index is 0.0621. The SMILES string of the molecule is COCCOc1ccc(CNC(=O)C2(N)CC2)cc1. The van der Waals surface area contributed by atoms with E-state index in [1.807, 2.05) is 24.3 Å². The zero-order valence-electron chi connectivity index (χ0n) is 11.1. The van der Waals surface area contributed by atoms with Crippen molar-refractivity contribution in [2.45, 2.75) is 24.9 Å². The van der Waals surface area contributed by atoms with E-state index in [1.165, 1.54) is 0 Å². The third-order valence-corrected chi connectivity index (χ3v) is 3.17. The monoisotopic (exact) mass is 264 g/mol. The highest BCUT2D eigenvalue weighted by Crippen LogP contribution is 2.32. The van der Waals surface area contributed by atoms with Crippen molar-refractivity contribution in [1.82, 2.24) is 5.32 Å². The lowest BCUT2D eigenvalue weighted by Crippen LogP contribution is -2.42. The molecular formula is C14H20N2O3. The van der Waals surface area contributed by atoms with E-state index in [2.05, 4.69) is 5.32 Å². The summed E-state index contributed by atoms with van der Waals surface area (Å²) < 4.78 is 10.4. The summed E-state index contributed by atoms with van der Waals surface area (Å²) in [4.78, 5) is 11.7. The van der Waals surface area contributed by atoms with Crippen LogP contribution in [0.5, 0.6) is 5.75 Å². The number of hydrogen-bond donors (Lipinski definition) is 2. The van der Waals surface area contributed by atoms with E-state index in [-0.39, 0.29) is 5.91 Å². The molecule has 0 radical (unpaired) electrons. The third-order valence-electron chi connectivity index (χ3n) is 3.17. The van der Waals surface area contributed by atoms with Gasteiger partial charge in [0.25, 0.3) is 0 Å². The van der Waals surface area contributed by atoms with Crippen LogP contribution >= 0.6 is 0 Å². The number of hydrogen-bond acceptors (Lipinski definition) is 4. The first-order valence-corrected chi connectivity index (χ1v) is 6.42. The molecule has 0 bridgehead atoms. The van der Waals surface area contributed by atoms with Crippen molar-refractivity contribution in [3.8, 4) is 5.75 Å². The average molecular weight is 264 g/mol. The van der Waals surface area contributed by atoms with Gasteiger partial charge in [0.05, 0.1) is 12.1 Å². The van der Waals surface area contributed by atoms with Gasteiger partial charge in [-0.3, -0.25) is 4.79 Å². The van der Waals surface area contributed by atoms with Crippen molar-refractivity contribution in [3.05, 3.63) is 29.8 Å². The van der Waals surface area contributed by atoms with Crippen LogP contribution in [0.25, 0.3) is 0 Å². The molecule has 1 saturated carbocycles. The van der Waals surface area contributed by atoms with Gasteiger partial charge < -0.3 is 20.5 Å². The summed E-state index contributed by atoms with van der Waals surface area (Å²) in [5.74, 6) is 0.734. The Morgan fingerprint density at radius 3 is 2.58 bits per heavy atom. The summed E-state index contributed by atoms with van der Waals surface area (Å²) in [5, 5.41) is 2.85. The van der Waals surface area contributed by atoms with Gasteiger partial charge in [-0.1, -0.05) is 12.1 Å². The van der Waals surface area contributed by atoms with E-state index in [0.29, 0.717) is 19.8 Å². The number of benzene rings is 1. The van der Waals surface area contributed by atoms with Gasteiger partial charge in [0.2, 0.25) is 5.91 Å². The number of nitrogens with two attached hydrogens (primary N) is 1. The summed E-state index contributed by atoms with van der Waals surface area (Å²) in [6.07, 6.45) is 1.57. The molecule has 104 valence electrons. The molecule has 1 aromatic carbocycles. The fourth-order valence-corrected chi connectivity index (χ4v) is 1.67. The third kappa shape index (κ3) is 3.94. The second-order valence-electron chi connectivity index (χ2n) is 4.82. The molecule has 0 aromatic heterocycles. The highest BCUT2D eigenvalue weighted by atomic mass is 16.5. The molecule has 0 aliphatic heterocycles. The molecule has 0 spiro atoms. The second kappa shape index (κ2) is 6.04. The molecule has 1 amide bonds. The van der Waals surface area contributed by atoms with Crippen LogP contribution in [0.2, 0.25) is 0 Å². The average Bonchev–Trinajstić information content (AvgIpc) is 3.17. The van der Waals surface area contributed by atoms with Crippen LogP contribution in [-0.4, -0.2) is 31.8 Å². The molecule has 1 aliphatic carbocycles. The Morgan fingerprint density at radius 1 is 1.32 bits per heavy atom. The predicted molar refractivity (Wildman–Crippen MR) is 71.8 cm³/mol. The van der Waals surface area contributed by atoms with Gasteiger partial charge in [-0.05, 0) is 30.5 Å². The van der Waals surface area contributed by atoms with E-state index < -0.39 is 5.54 Å². The number of methoxy groups -OCH3 is 1. The van der Waals surface area contributed by atoms with Gasteiger partial charge in [-0.2, -0.15) is 0 Å². The molecule has 0 saturated heterocycles. The summed E-state index contributed by atoms with van der Waals surface area (Å²) in [5.41, 5.74) is 6.22. The van der Waals surface area contributed by atoms with Crippen molar-refractivity contribution >= 4 is 5.91 Å². The number of nitrogens with one attached hydrogen (secondary N) is 1. The predicted octanol–water partition coefficient (Wildman–Crippen LogP) is 0.819. The van der Waals surface area contributed by atoms with Gasteiger partial charge in [0, 0.05) is 13.7 Å². The first kappa shape index (κ1) is 13.8. The topological polar surface area (TPSA) is 73.6 Å². The van der Waals surface area contributed by atoms with Gasteiger partial charge in [-0.25, -0.2) is 0 Å². The first-order valence-electron chi connectivity index (χ1n) is 6.42. The highest BCUT2D eigenvalue weighted by molar-refractivity contribution is 5.88. The minimum Gasteiger partial charge on any atom is -0.491 e. The van der Waals surface area contributed by atoms with Crippen LogP contribution in [-0.2, 0) is 16.1 Å². The molecule has 19 heavy (non-hydrogen) atoms. The maximum absolute atomic E-state index is 11.7. The fraction of sp³-hybridized carbons (Fsp3) is 0.500. The molecule has 3 N–H and O–H groups in total. The normalized spacial score (nSPS) is 15.9. The van der Waals surface area contributed by atoms with E-state index in [4.69, 9.17) is 15.2 Å². The lowest BCUT2D eigenvalue weighted by atomic mass is 10.2. The number of carbonyl (C=O) groups is 1. The maximum atomic E-state index is 11.7. The highest BCUT2D eigenvalue weighted by Gasteiger charge is 2.45. The van der Waals surface area contributed by atoms with Crippen molar-refractivity contribution in [2.24, 2.45) is 5.73 Å². The van der Waals surface area contributed by atoms with Crippen molar-refractivity contribution in [3.63, 3.8) is 0 Å². The zero-order chi connectivity index (χ0) is 13.7. The van der Waals surface area contributed by atoms with Crippen molar-refractivity contribution < 1.29 is 14.3 Å². The van der Waals surface area contributed by atoms with E-state index in [9.17, 15) is 4.79 Å². The summed E-state index contributed by atoms with van der Waals surface area (Å²) in [7, 11) is 1.64. The summed E-state index contributed by atoms with van der Waals surface area (Å²) in [6.45, 7) is 1.59. The number of amides is 1. The van der Waals surface area contributed by atoms with E-state index in [1.54, 1.807) is 7.11 Å². The molecule has 0 unspecified atom stereocenters. The van der Waals surface area contributed by atoms with Gasteiger partial charge in [0.1, 0.15) is 12.4 Å². The number of rotatable bonds is 7. The molecule has 1 fully saturated rings. The van der Waals surface area contributed by atoms with Gasteiger partial charge >= 0.3 is 0 Å². The number of carbonyl (C=O) groups excluding carboxylic acids is 1. The zero-order valence-corrected chi connectivity index (χ0v) is 11.1. The second-order valence-corrected chi connectivity index (χ2v) is 4.82. The Bertz CT molecular complexity index is 427. The van der Waals surface area contributed by atoms with Crippen molar-refractivity contribution in [1.29, 1.82) is 0 Å². The van der Waals surface area contributed by atoms with Gasteiger partial charge in [-0.15, -0.1) is 0 Å². The van der Waals surface area contributed by atoms with Crippen LogP contribution < -0.4 is 15.8 Å². The van der Waals surface area contributed by atoms with Crippen LogP contribution in [0.1, 0.15) is 18.4 Å². The molecule has 1 aromatic rings. The van der Waals surface area contributed by atoms with E-state index >= 15 is 0 Å². The van der Waals surface area contributed by atoms with Gasteiger partial charge in [0.15, 0.2) is 0 Å². The molecule has 0 atom stereocenters. The number of ether oxygens (including phenoxy) is 2. The first-order chi connectivity index (χ1) is 9.14. The van der Waals surface area contributed by atoms with Crippen LogP contribution in [0, 0.1) is 0 Å². The summed E-state index contributed by atoms with van der Waals surface area (Å²) >= 11 is 0. The van der Waals surface area contributed by atoms with Crippen LogP contribution in [0.3, 0.4) is 0 Å². The molecule has 2 rings (SSSR count). The molecule has 0 heterocycles. The fourth-order valence-electron chi connectivity index (χ4n) is 1.67. The van der Waals surface area contributed by atoms with E-state index in [0.717, 1.165) is 24.2 Å². The Hall–Kier alpha value is -1.59. The Labute approximate surface area is 113 Å².